The number of halogens is 2. The molecule has 0 aliphatic heterocycles. The molecule has 21 heavy (non-hydrogen) atoms. The molecular weight excluding hydrogens is 299 g/mol. The highest BCUT2D eigenvalue weighted by molar-refractivity contribution is 6.31. The molecule has 0 saturated heterocycles. The van der Waals surface area contributed by atoms with E-state index in [0.29, 0.717) is 12.2 Å². The number of rotatable bonds is 6. The number of likely N-dealkylation sites (N-methyl/N-ethyl adjacent to an activating group) is 1. The zero-order chi connectivity index (χ0) is 16.0. The summed E-state index contributed by atoms with van der Waals surface area (Å²) in [6.45, 7) is 2.21. The highest BCUT2D eigenvalue weighted by atomic mass is 35.5. The summed E-state index contributed by atoms with van der Waals surface area (Å²) in [5.74, 6) is -1.48. The van der Waals surface area contributed by atoms with Gasteiger partial charge in [-0.2, -0.15) is 0 Å². The van der Waals surface area contributed by atoms with Gasteiger partial charge in [0.2, 0.25) is 5.91 Å². The van der Waals surface area contributed by atoms with E-state index in [9.17, 15) is 14.0 Å². The summed E-state index contributed by atoms with van der Waals surface area (Å²) in [5, 5.41) is 2.55. The Labute approximate surface area is 128 Å². The van der Waals surface area contributed by atoms with E-state index in [1.807, 2.05) is 0 Å². The van der Waals surface area contributed by atoms with Crippen molar-refractivity contribution in [1.82, 2.24) is 4.90 Å². The summed E-state index contributed by atoms with van der Waals surface area (Å²) >= 11 is 5.63. The number of hydrogen-bond donors (Lipinski definition) is 1. The molecule has 0 spiro atoms. The molecule has 7 heteroatoms. The molecule has 1 aromatic rings. The molecule has 1 atom stereocenters. The van der Waals surface area contributed by atoms with Gasteiger partial charge in [-0.3, -0.25) is 14.5 Å². The van der Waals surface area contributed by atoms with Crippen LogP contribution in [-0.2, 0) is 14.3 Å². The van der Waals surface area contributed by atoms with Crippen molar-refractivity contribution < 1.29 is 18.7 Å². The van der Waals surface area contributed by atoms with Crippen LogP contribution in [0.1, 0.15) is 6.92 Å². The van der Waals surface area contributed by atoms with Crippen LogP contribution in [0.4, 0.5) is 10.1 Å². The molecule has 0 bridgehead atoms. The monoisotopic (exact) mass is 316 g/mol. The Kier molecular flexibility index (Phi) is 6.58. The van der Waals surface area contributed by atoms with Crippen LogP contribution < -0.4 is 5.32 Å². The minimum atomic E-state index is -0.543. The lowest BCUT2D eigenvalue weighted by atomic mass is 10.2. The number of carbonyl (C=O) groups is 2. The van der Waals surface area contributed by atoms with Gasteiger partial charge in [-0.05, 0) is 25.2 Å². The number of hydrogen-bond acceptors (Lipinski definition) is 4. The van der Waals surface area contributed by atoms with E-state index in [2.05, 4.69) is 10.1 Å². The van der Waals surface area contributed by atoms with Crippen molar-refractivity contribution in [2.24, 2.45) is 5.92 Å². The van der Waals surface area contributed by atoms with E-state index in [-0.39, 0.29) is 29.4 Å². The third-order valence-corrected chi connectivity index (χ3v) is 3.10. The number of methoxy groups -OCH3 is 1. The van der Waals surface area contributed by atoms with E-state index in [4.69, 9.17) is 11.6 Å². The fourth-order valence-electron chi connectivity index (χ4n) is 1.83. The van der Waals surface area contributed by atoms with Crippen molar-refractivity contribution in [3.63, 3.8) is 0 Å². The van der Waals surface area contributed by atoms with Crippen LogP contribution in [0.2, 0.25) is 5.02 Å². The quantitative estimate of drug-likeness (QED) is 0.817. The average molecular weight is 317 g/mol. The Balaban J connectivity index is 2.49. The SMILES string of the molecule is COC(=O)C(C)CN(C)CC(=O)Nc1ccc(F)c(Cl)c1. The van der Waals surface area contributed by atoms with Crippen LogP contribution in [0.5, 0.6) is 0 Å². The minimum Gasteiger partial charge on any atom is -0.469 e. The lowest BCUT2D eigenvalue weighted by Gasteiger charge is -2.19. The summed E-state index contributed by atoms with van der Waals surface area (Å²) in [7, 11) is 3.04. The van der Waals surface area contributed by atoms with Crippen LogP contribution in [0.25, 0.3) is 0 Å². The molecule has 0 saturated carbocycles. The molecule has 1 rings (SSSR count). The van der Waals surface area contributed by atoms with Crippen molar-refractivity contribution in [2.75, 3.05) is 32.6 Å². The Morgan fingerprint density at radius 3 is 2.71 bits per heavy atom. The second kappa shape index (κ2) is 7.95. The first-order valence-corrected chi connectivity index (χ1v) is 6.72. The Hall–Kier alpha value is -1.66. The standard InChI is InChI=1S/C14H18ClFN2O3/c1-9(14(20)21-3)7-18(2)8-13(19)17-10-4-5-12(16)11(15)6-10/h4-6,9H,7-8H2,1-3H3,(H,17,19). The number of nitrogens with zero attached hydrogens (tertiary/aromatic N) is 1. The Bertz CT molecular complexity index is 525. The van der Waals surface area contributed by atoms with Crippen molar-refractivity contribution >= 4 is 29.2 Å². The van der Waals surface area contributed by atoms with E-state index >= 15 is 0 Å². The van der Waals surface area contributed by atoms with Gasteiger partial charge in [-0.1, -0.05) is 18.5 Å². The van der Waals surface area contributed by atoms with Crippen molar-refractivity contribution in [2.45, 2.75) is 6.92 Å². The number of esters is 1. The maximum atomic E-state index is 13.0. The molecule has 1 N–H and O–H groups in total. The van der Waals surface area contributed by atoms with E-state index in [0.717, 1.165) is 0 Å². The van der Waals surface area contributed by atoms with Crippen molar-refractivity contribution in [3.05, 3.63) is 29.0 Å². The van der Waals surface area contributed by atoms with Crippen molar-refractivity contribution in [3.8, 4) is 0 Å². The first-order chi connectivity index (χ1) is 9.83. The third kappa shape index (κ3) is 5.69. The van der Waals surface area contributed by atoms with Gasteiger partial charge < -0.3 is 10.1 Å². The Morgan fingerprint density at radius 2 is 2.14 bits per heavy atom. The van der Waals surface area contributed by atoms with Crippen LogP contribution in [0.15, 0.2) is 18.2 Å². The molecule has 0 aliphatic carbocycles. The molecule has 0 heterocycles. The highest BCUT2D eigenvalue weighted by Gasteiger charge is 2.17. The van der Waals surface area contributed by atoms with Gasteiger partial charge in [-0.15, -0.1) is 0 Å². The molecular formula is C14H18ClFN2O3. The molecule has 5 nitrogen and oxygen atoms in total. The zero-order valence-electron chi connectivity index (χ0n) is 12.2. The summed E-state index contributed by atoms with van der Waals surface area (Å²) in [5.41, 5.74) is 0.417. The molecule has 1 amide bonds. The number of anilines is 1. The van der Waals surface area contributed by atoms with Crippen LogP contribution in [0.3, 0.4) is 0 Å². The van der Waals surface area contributed by atoms with Gasteiger partial charge in [0.25, 0.3) is 0 Å². The largest absolute Gasteiger partial charge is 0.469 e. The van der Waals surface area contributed by atoms with E-state index < -0.39 is 5.82 Å². The normalized spacial score (nSPS) is 12.1. The van der Waals surface area contributed by atoms with Gasteiger partial charge in [0.1, 0.15) is 5.82 Å². The predicted molar refractivity (Wildman–Crippen MR) is 78.7 cm³/mol. The van der Waals surface area contributed by atoms with E-state index in [1.54, 1.807) is 18.9 Å². The first kappa shape index (κ1) is 17.4. The van der Waals surface area contributed by atoms with E-state index in [1.165, 1.54) is 25.3 Å². The molecule has 1 unspecified atom stereocenters. The lowest BCUT2D eigenvalue weighted by Crippen LogP contribution is -2.35. The first-order valence-electron chi connectivity index (χ1n) is 6.34. The highest BCUT2D eigenvalue weighted by Crippen LogP contribution is 2.19. The van der Waals surface area contributed by atoms with Gasteiger partial charge in [0, 0.05) is 12.2 Å². The summed E-state index contributed by atoms with van der Waals surface area (Å²) in [4.78, 5) is 24.8. The molecule has 0 radical (unpaired) electrons. The molecule has 0 aliphatic rings. The zero-order valence-corrected chi connectivity index (χ0v) is 12.9. The molecule has 1 aromatic carbocycles. The van der Waals surface area contributed by atoms with Crippen molar-refractivity contribution in [1.29, 1.82) is 0 Å². The topological polar surface area (TPSA) is 58.6 Å². The summed E-state index contributed by atoms with van der Waals surface area (Å²) in [6, 6.07) is 3.95. The molecule has 0 aromatic heterocycles. The number of benzene rings is 1. The predicted octanol–water partition coefficient (Wildman–Crippen LogP) is 2.16. The van der Waals surface area contributed by atoms with Gasteiger partial charge in [0.05, 0.1) is 24.6 Å². The van der Waals surface area contributed by atoms with Crippen LogP contribution in [0, 0.1) is 11.7 Å². The number of amides is 1. The minimum absolute atomic E-state index is 0.0551. The second-order valence-corrected chi connectivity index (χ2v) is 5.21. The van der Waals surface area contributed by atoms with Gasteiger partial charge in [0.15, 0.2) is 0 Å². The van der Waals surface area contributed by atoms with Gasteiger partial charge in [-0.25, -0.2) is 4.39 Å². The average Bonchev–Trinajstić information content (AvgIpc) is 2.41. The number of nitrogens with one attached hydrogen (secondary N) is 1. The maximum Gasteiger partial charge on any atom is 0.309 e. The smallest absolute Gasteiger partial charge is 0.309 e. The third-order valence-electron chi connectivity index (χ3n) is 2.81. The molecule has 0 fully saturated rings. The number of carbonyl (C=O) groups excluding carboxylic acids is 2. The van der Waals surface area contributed by atoms with Gasteiger partial charge >= 0.3 is 5.97 Å². The maximum absolute atomic E-state index is 13.0. The summed E-state index contributed by atoms with van der Waals surface area (Å²) < 4.78 is 17.6. The Morgan fingerprint density at radius 1 is 1.48 bits per heavy atom. The second-order valence-electron chi connectivity index (χ2n) is 4.80. The van der Waals surface area contributed by atoms with Crippen LogP contribution in [-0.4, -0.2) is 44.0 Å². The number of ether oxygens (including phenoxy) is 1. The fraction of sp³-hybridized carbons (Fsp3) is 0.429. The molecule has 116 valence electrons. The van der Waals surface area contributed by atoms with Crippen LogP contribution >= 0.6 is 11.6 Å². The summed E-state index contributed by atoms with van der Waals surface area (Å²) in [6.07, 6.45) is 0. The fourth-order valence-corrected chi connectivity index (χ4v) is 2.01. The lowest BCUT2D eigenvalue weighted by molar-refractivity contribution is -0.145.